The summed E-state index contributed by atoms with van der Waals surface area (Å²) in [6, 6.07) is 13.8. The zero-order valence-corrected chi connectivity index (χ0v) is 19.9. The maximum atomic E-state index is 13.6. The van der Waals surface area contributed by atoms with E-state index in [2.05, 4.69) is 15.5 Å². The summed E-state index contributed by atoms with van der Waals surface area (Å²) in [7, 11) is 0. The van der Waals surface area contributed by atoms with E-state index >= 15 is 0 Å². The number of nitrogens with zero attached hydrogens (tertiary/aromatic N) is 4. The number of hydrogen-bond donors (Lipinski definition) is 1. The Hall–Kier alpha value is -3.13. The zero-order chi connectivity index (χ0) is 23.1. The van der Waals surface area contributed by atoms with E-state index in [0.717, 1.165) is 35.2 Å². The van der Waals surface area contributed by atoms with Gasteiger partial charge >= 0.3 is 0 Å². The molecular formula is C25H27N5O2S. The standard InChI is InChI=1S/C25H27N5O2S/c1-15-12-13-16(2)21(14-15)29-23(32)19-10-6-7-11-20(19)30-24(29)27-28-25(30)33-17(3)22(31)26-18-8-4-5-9-18/h6-7,10-14,17-18H,4-5,8-9H2,1-3H3,(H,26,31). The minimum absolute atomic E-state index is 0.0100. The number of benzene rings is 2. The van der Waals surface area contributed by atoms with Gasteiger partial charge < -0.3 is 5.32 Å². The molecule has 0 radical (unpaired) electrons. The van der Waals surface area contributed by atoms with Crippen molar-refractivity contribution in [2.45, 2.75) is 62.9 Å². The van der Waals surface area contributed by atoms with Crippen LogP contribution < -0.4 is 10.9 Å². The summed E-state index contributed by atoms with van der Waals surface area (Å²) in [4.78, 5) is 26.4. The van der Waals surface area contributed by atoms with Crippen LogP contribution >= 0.6 is 11.8 Å². The first kappa shape index (κ1) is 21.7. The molecule has 4 aromatic rings. The highest BCUT2D eigenvalue weighted by atomic mass is 32.2. The third-order valence-corrected chi connectivity index (χ3v) is 7.40. The van der Waals surface area contributed by atoms with E-state index in [4.69, 9.17) is 0 Å². The van der Waals surface area contributed by atoms with E-state index in [-0.39, 0.29) is 22.8 Å². The van der Waals surface area contributed by atoms with Crippen LogP contribution in [0.1, 0.15) is 43.7 Å². The van der Waals surface area contributed by atoms with Crippen LogP contribution in [0.25, 0.3) is 22.4 Å². The molecule has 2 aromatic heterocycles. The Kier molecular flexibility index (Phi) is 5.70. The fraction of sp³-hybridized carbons (Fsp3) is 0.360. The van der Waals surface area contributed by atoms with E-state index < -0.39 is 0 Å². The lowest BCUT2D eigenvalue weighted by atomic mass is 10.1. The van der Waals surface area contributed by atoms with Crippen molar-refractivity contribution < 1.29 is 4.79 Å². The van der Waals surface area contributed by atoms with Gasteiger partial charge in [0.1, 0.15) is 0 Å². The predicted molar refractivity (Wildman–Crippen MR) is 131 cm³/mol. The number of fused-ring (bicyclic) bond motifs is 3. The molecule has 0 bridgehead atoms. The van der Waals surface area contributed by atoms with Gasteiger partial charge in [-0.2, -0.15) is 0 Å². The minimum atomic E-state index is -0.335. The van der Waals surface area contributed by atoms with Crippen LogP contribution in [0, 0.1) is 13.8 Å². The van der Waals surface area contributed by atoms with Crippen molar-refractivity contribution in [2.24, 2.45) is 0 Å². The molecule has 2 aromatic carbocycles. The Morgan fingerprint density at radius 1 is 1.12 bits per heavy atom. The van der Waals surface area contributed by atoms with E-state index in [9.17, 15) is 9.59 Å². The van der Waals surface area contributed by atoms with Crippen molar-refractivity contribution in [1.29, 1.82) is 0 Å². The number of carbonyl (C=O) groups excluding carboxylic acids is 1. The smallest absolute Gasteiger partial charge is 0.267 e. The molecule has 7 nitrogen and oxygen atoms in total. The lowest BCUT2D eigenvalue weighted by Crippen LogP contribution is -2.37. The molecule has 1 unspecified atom stereocenters. The number of carbonyl (C=O) groups is 1. The van der Waals surface area contributed by atoms with E-state index in [1.54, 1.807) is 4.57 Å². The highest BCUT2D eigenvalue weighted by molar-refractivity contribution is 8.00. The monoisotopic (exact) mass is 461 g/mol. The SMILES string of the molecule is Cc1ccc(C)c(-n2c(=O)c3ccccc3n3c(SC(C)C(=O)NC4CCCC4)nnc23)c1. The average Bonchev–Trinajstić information content (AvgIpc) is 3.46. The maximum Gasteiger partial charge on any atom is 0.267 e. The van der Waals surface area contributed by atoms with Crippen molar-refractivity contribution in [3.05, 3.63) is 63.9 Å². The molecule has 0 saturated heterocycles. The van der Waals surface area contributed by atoms with Gasteiger partial charge in [0.2, 0.25) is 11.7 Å². The summed E-state index contributed by atoms with van der Waals surface area (Å²) >= 11 is 1.37. The number of amides is 1. The Bertz CT molecular complexity index is 1420. The molecular weight excluding hydrogens is 434 g/mol. The van der Waals surface area contributed by atoms with Crippen LogP contribution in [0.15, 0.2) is 52.4 Å². The molecule has 5 rings (SSSR count). The largest absolute Gasteiger partial charge is 0.352 e. The molecule has 1 fully saturated rings. The Balaban J connectivity index is 1.63. The zero-order valence-electron chi connectivity index (χ0n) is 19.0. The summed E-state index contributed by atoms with van der Waals surface area (Å²) < 4.78 is 3.52. The Labute approximate surface area is 196 Å². The predicted octanol–water partition coefficient (Wildman–Crippen LogP) is 4.19. The third-order valence-electron chi connectivity index (χ3n) is 6.35. The second-order valence-electron chi connectivity index (χ2n) is 8.82. The molecule has 33 heavy (non-hydrogen) atoms. The van der Waals surface area contributed by atoms with E-state index in [1.807, 2.05) is 67.6 Å². The summed E-state index contributed by atoms with van der Waals surface area (Å²) in [5, 5.41) is 12.8. The highest BCUT2D eigenvalue weighted by Crippen LogP contribution is 2.27. The highest BCUT2D eigenvalue weighted by Gasteiger charge is 2.25. The number of nitrogens with one attached hydrogen (secondary N) is 1. The van der Waals surface area contributed by atoms with Crippen LogP contribution in [0.4, 0.5) is 0 Å². The molecule has 2 heterocycles. The molecule has 170 valence electrons. The normalized spacial score (nSPS) is 15.4. The number of aromatic nitrogens is 4. The second kappa shape index (κ2) is 8.67. The third kappa shape index (κ3) is 3.93. The summed E-state index contributed by atoms with van der Waals surface area (Å²) in [5.74, 6) is 0.453. The van der Waals surface area contributed by atoms with Crippen molar-refractivity contribution in [1.82, 2.24) is 24.5 Å². The lowest BCUT2D eigenvalue weighted by molar-refractivity contribution is -0.120. The van der Waals surface area contributed by atoms with Gasteiger partial charge in [-0.05, 0) is 62.9 Å². The summed E-state index contributed by atoms with van der Waals surface area (Å²) in [5.41, 5.74) is 3.41. The van der Waals surface area contributed by atoms with Gasteiger partial charge in [0.15, 0.2) is 5.16 Å². The quantitative estimate of drug-likeness (QED) is 0.451. The average molecular weight is 462 g/mol. The van der Waals surface area contributed by atoms with Gasteiger partial charge in [0.05, 0.1) is 21.8 Å². The first-order valence-electron chi connectivity index (χ1n) is 11.4. The van der Waals surface area contributed by atoms with Gasteiger partial charge in [-0.3, -0.25) is 14.0 Å². The molecule has 1 N–H and O–H groups in total. The summed E-state index contributed by atoms with van der Waals surface area (Å²) in [6.07, 6.45) is 4.43. The van der Waals surface area contributed by atoms with Crippen molar-refractivity contribution in [2.75, 3.05) is 0 Å². The topological polar surface area (TPSA) is 81.3 Å². The van der Waals surface area contributed by atoms with Gasteiger partial charge in [-0.25, -0.2) is 4.57 Å². The molecule has 1 atom stereocenters. The molecule has 1 aliphatic carbocycles. The van der Waals surface area contributed by atoms with Crippen LogP contribution in [0.5, 0.6) is 0 Å². The number of aryl methyl sites for hydroxylation is 2. The van der Waals surface area contributed by atoms with Crippen molar-refractivity contribution in [3.8, 4) is 5.69 Å². The number of thioether (sulfide) groups is 1. The van der Waals surface area contributed by atoms with Crippen LogP contribution in [-0.2, 0) is 4.79 Å². The van der Waals surface area contributed by atoms with Gasteiger partial charge in [0.25, 0.3) is 5.56 Å². The maximum absolute atomic E-state index is 13.6. The Morgan fingerprint density at radius 2 is 1.88 bits per heavy atom. The van der Waals surface area contributed by atoms with Crippen LogP contribution in [-0.4, -0.2) is 36.4 Å². The second-order valence-corrected chi connectivity index (χ2v) is 10.1. The van der Waals surface area contributed by atoms with Gasteiger partial charge in [-0.1, -0.05) is 48.9 Å². The van der Waals surface area contributed by atoms with Gasteiger partial charge in [0, 0.05) is 6.04 Å². The fourth-order valence-corrected chi connectivity index (χ4v) is 5.40. The van der Waals surface area contributed by atoms with Gasteiger partial charge in [-0.15, -0.1) is 10.2 Å². The van der Waals surface area contributed by atoms with Crippen LogP contribution in [0.3, 0.4) is 0 Å². The number of para-hydroxylation sites is 1. The van der Waals surface area contributed by atoms with E-state index in [1.165, 1.54) is 24.6 Å². The fourth-order valence-electron chi connectivity index (χ4n) is 4.53. The molecule has 8 heteroatoms. The Morgan fingerprint density at radius 3 is 2.67 bits per heavy atom. The molecule has 0 aliphatic heterocycles. The molecule has 0 spiro atoms. The van der Waals surface area contributed by atoms with E-state index in [0.29, 0.717) is 16.3 Å². The van der Waals surface area contributed by atoms with Crippen molar-refractivity contribution in [3.63, 3.8) is 0 Å². The molecule has 1 aliphatic rings. The van der Waals surface area contributed by atoms with Crippen molar-refractivity contribution >= 4 is 34.3 Å². The molecule has 1 saturated carbocycles. The minimum Gasteiger partial charge on any atom is -0.352 e. The first-order chi connectivity index (χ1) is 15.9. The first-order valence-corrected chi connectivity index (χ1v) is 12.3. The number of rotatable bonds is 5. The number of hydrogen-bond acceptors (Lipinski definition) is 5. The van der Waals surface area contributed by atoms with Crippen LogP contribution in [0.2, 0.25) is 0 Å². The summed E-state index contributed by atoms with van der Waals surface area (Å²) in [6.45, 7) is 5.87. The lowest BCUT2D eigenvalue weighted by Gasteiger charge is -2.16. The molecule has 1 amide bonds.